The molecule has 0 aliphatic heterocycles. The quantitative estimate of drug-likeness (QED) is 0.378. The lowest BCUT2D eigenvalue weighted by Crippen LogP contribution is -2.41. The molecule has 0 fully saturated rings. The smallest absolute Gasteiger partial charge is 0.330 e. The number of aromatic nitrogens is 2. The standard InChI is InChI=1S/C27H30N4O4/c1-19-12-13-22(35-19)14-15-23(32)30(17-16-20-8-4-2-5-9-20)24-25(28)31(27(34)29-26(24)33)18-21-10-6-3-7-11-21/h3,6-8,10-15H,2,4-5,9,16-18,28H2,1H3,(H,29,33,34)/b15-14+. The van der Waals surface area contributed by atoms with E-state index in [1.807, 2.05) is 37.3 Å². The fourth-order valence-electron chi connectivity index (χ4n) is 4.27. The minimum absolute atomic E-state index is 0.0257. The van der Waals surface area contributed by atoms with Gasteiger partial charge in [-0.1, -0.05) is 42.0 Å². The monoisotopic (exact) mass is 474 g/mol. The number of furan rings is 1. The molecular weight excluding hydrogens is 444 g/mol. The summed E-state index contributed by atoms with van der Waals surface area (Å²) in [5.74, 6) is 0.793. The third-order valence-corrected chi connectivity index (χ3v) is 6.13. The summed E-state index contributed by atoms with van der Waals surface area (Å²) in [6.45, 7) is 2.26. The molecule has 1 aliphatic carbocycles. The van der Waals surface area contributed by atoms with E-state index in [-0.39, 0.29) is 24.6 Å². The minimum Gasteiger partial charge on any atom is -0.462 e. The van der Waals surface area contributed by atoms with Crippen LogP contribution in [0.3, 0.4) is 0 Å². The number of carbonyl (C=O) groups excluding carboxylic acids is 1. The van der Waals surface area contributed by atoms with Crippen molar-refractivity contribution in [3.63, 3.8) is 0 Å². The molecule has 8 heteroatoms. The summed E-state index contributed by atoms with van der Waals surface area (Å²) < 4.78 is 6.80. The number of anilines is 2. The van der Waals surface area contributed by atoms with Gasteiger partial charge in [-0.25, -0.2) is 4.79 Å². The van der Waals surface area contributed by atoms with E-state index in [0.717, 1.165) is 37.0 Å². The van der Waals surface area contributed by atoms with Gasteiger partial charge >= 0.3 is 5.69 Å². The molecule has 1 aromatic carbocycles. The van der Waals surface area contributed by atoms with Crippen molar-refractivity contribution in [2.45, 2.75) is 45.6 Å². The van der Waals surface area contributed by atoms with Crippen molar-refractivity contribution in [1.29, 1.82) is 0 Å². The van der Waals surface area contributed by atoms with E-state index in [9.17, 15) is 14.4 Å². The fraction of sp³-hybridized carbons (Fsp3) is 0.296. The second kappa shape index (κ2) is 10.9. The van der Waals surface area contributed by atoms with Crippen molar-refractivity contribution in [1.82, 2.24) is 9.55 Å². The van der Waals surface area contributed by atoms with Gasteiger partial charge < -0.3 is 15.1 Å². The Balaban J connectivity index is 1.70. The van der Waals surface area contributed by atoms with Crippen LogP contribution in [0.4, 0.5) is 11.5 Å². The van der Waals surface area contributed by atoms with E-state index in [1.54, 1.807) is 18.2 Å². The lowest BCUT2D eigenvalue weighted by atomic mass is 9.97. The molecule has 0 bridgehead atoms. The van der Waals surface area contributed by atoms with E-state index in [1.165, 1.54) is 21.1 Å². The number of nitrogens with two attached hydrogens (primary N) is 1. The van der Waals surface area contributed by atoms with E-state index in [4.69, 9.17) is 10.2 Å². The van der Waals surface area contributed by atoms with Crippen LogP contribution in [-0.2, 0) is 11.3 Å². The highest BCUT2D eigenvalue weighted by molar-refractivity contribution is 6.05. The normalized spacial score (nSPS) is 13.7. The first-order valence-corrected chi connectivity index (χ1v) is 11.8. The summed E-state index contributed by atoms with van der Waals surface area (Å²) in [5, 5.41) is 0. The zero-order valence-electron chi connectivity index (χ0n) is 19.8. The first kappa shape index (κ1) is 24.1. The fourth-order valence-corrected chi connectivity index (χ4v) is 4.27. The van der Waals surface area contributed by atoms with Crippen LogP contribution in [0.5, 0.6) is 0 Å². The number of nitrogen functional groups attached to an aromatic ring is 1. The van der Waals surface area contributed by atoms with Crippen LogP contribution < -0.4 is 21.9 Å². The van der Waals surface area contributed by atoms with Crippen molar-refractivity contribution in [3.8, 4) is 0 Å². The van der Waals surface area contributed by atoms with E-state index in [0.29, 0.717) is 12.2 Å². The van der Waals surface area contributed by atoms with Gasteiger partial charge in [-0.2, -0.15) is 0 Å². The Bertz CT molecular complexity index is 1360. The third kappa shape index (κ3) is 5.90. The van der Waals surface area contributed by atoms with Gasteiger partial charge in [0, 0.05) is 12.6 Å². The molecule has 0 radical (unpaired) electrons. The van der Waals surface area contributed by atoms with E-state index in [2.05, 4.69) is 11.1 Å². The number of hydrogen-bond donors (Lipinski definition) is 2. The van der Waals surface area contributed by atoms with Crippen LogP contribution in [-0.4, -0.2) is 22.0 Å². The topological polar surface area (TPSA) is 114 Å². The van der Waals surface area contributed by atoms with Gasteiger partial charge in [-0.05, 0) is 62.8 Å². The molecule has 3 aromatic rings. The van der Waals surface area contributed by atoms with E-state index < -0.39 is 17.2 Å². The van der Waals surface area contributed by atoms with Gasteiger partial charge in [0.2, 0.25) is 0 Å². The zero-order chi connectivity index (χ0) is 24.8. The lowest BCUT2D eigenvalue weighted by molar-refractivity contribution is -0.114. The Morgan fingerprint density at radius 2 is 1.97 bits per heavy atom. The lowest BCUT2D eigenvalue weighted by Gasteiger charge is -2.24. The summed E-state index contributed by atoms with van der Waals surface area (Å²) in [6, 6.07) is 12.9. The summed E-state index contributed by atoms with van der Waals surface area (Å²) in [4.78, 5) is 42.6. The van der Waals surface area contributed by atoms with Crippen LogP contribution in [0.1, 0.15) is 49.2 Å². The number of hydrogen-bond acceptors (Lipinski definition) is 5. The first-order valence-electron chi connectivity index (χ1n) is 11.8. The predicted octanol–water partition coefficient (Wildman–Crippen LogP) is 4.01. The van der Waals surface area contributed by atoms with Crippen LogP contribution >= 0.6 is 0 Å². The Labute approximate surface area is 203 Å². The Kier molecular flexibility index (Phi) is 7.50. The van der Waals surface area contributed by atoms with Gasteiger partial charge in [-0.3, -0.25) is 19.1 Å². The van der Waals surface area contributed by atoms with Crippen LogP contribution in [0, 0.1) is 6.92 Å². The number of nitrogens with one attached hydrogen (secondary N) is 1. The molecular formula is C27H30N4O4. The highest BCUT2D eigenvalue weighted by Crippen LogP contribution is 2.24. The maximum absolute atomic E-state index is 13.3. The van der Waals surface area contributed by atoms with Crippen molar-refractivity contribution < 1.29 is 9.21 Å². The highest BCUT2D eigenvalue weighted by atomic mass is 16.3. The summed E-state index contributed by atoms with van der Waals surface area (Å²) >= 11 is 0. The number of allylic oxidation sites excluding steroid dienone is 1. The molecule has 0 unspecified atom stereocenters. The number of nitrogens with zero attached hydrogens (tertiary/aromatic N) is 2. The minimum atomic E-state index is -0.690. The van der Waals surface area contributed by atoms with Crippen molar-refractivity contribution >= 4 is 23.5 Å². The zero-order valence-corrected chi connectivity index (χ0v) is 19.8. The number of benzene rings is 1. The second-order valence-electron chi connectivity index (χ2n) is 8.69. The molecule has 8 nitrogen and oxygen atoms in total. The first-order chi connectivity index (χ1) is 16.9. The predicted molar refractivity (Wildman–Crippen MR) is 137 cm³/mol. The maximum atomic E-state index is 13.3. The summed E-state index contributed by atoms with van der Waals surface area (Å²) in [6.07, 6.45) is 10.0. The number of aryl methyl sites for hydroxylation is 1. The summed E-state index contributed by atoms with van der Waals surface area (Å²) in [5.41, 5.74) is 7.15. The maximum Gasteiger partial charge on any atom is 0.330 e. The van der Waals surface area contributed by atoms with Crippen molar-refractivity contribution in [2.75, 3.05) is 17.2 Å². The Morgan fingerprint density at radius 1 is 1.17 bits per heavy atom. The molecule has 2 aromatic heterocycles. The molecule has 1 aliphatic rings. The number of amides is 1. The van der Waals surface area contributed by atoms with Crippen LogP contribution in [0.2, 0.25) is 0 Å². The van der Waals surface area contributed by atoms with Gasteiger partial charge in [-0.15, -0.1) is 0 Å². The summed E-state index contributed by atoms with van der Waals surface area (Å²) in [7, 11) is 0. The Hall–Kier alpha value is -4.07. The van der Waals surface area contributed by atoms with Gasteiger partial charge in [0.15, 0.2) is 5.69 Å². The second-order valence-corrected chi connectivity index (χ2v) is 8.69. The molecule has 0 saturated carbocycles. The van der Waals surface area contributed by atoms with Gasteiger partial charge in [0.25, 0.3) is 11.5 Å². The molecule has 4 rings (SSSR count). The number of aromatic amines is 1. The van der Waals surface area contributed by atoms with Crippen molar-refractivity contribution in [2.24, 2.45) is 0 Å². The molecule has 0 atom stereocenters. The average Bonchev–Trinajstić information content (AvgIpc) is 3.28. The van der Waals surface area contributed by atoms with Crippen molar-refractivity contribution in [3.05, 3.63) is 98.1 Å². The van der Waals surface area contributed by atoms with E-state index >= 15 is 0 Å². The number of rotatable bonds is 8. The van der Waals surface area contributed by atoms with Crippen LogP contribution in [0.25, 0.3) is 6.08 Å². The molecule has 35 heavy (non-hydrogen) atoms. The Morgan fingerprint density at radius 3 is 2.66 bits per heavy atom. The average molecular weight is 475 g/mol. The molecule has 0 saturated heterocycles. The molecule has 0 spiro atoms. The van der Waals surface area contributed by atoms with Crippen LogP contribution in [0.15, 0.2) is 74.2 Å². The largest absolute Gasteiger partial charge is 0.462 e. The highest BCUT2D eigenvalue weighted by Gasteiger charge is 2.23. The number of H-pyrrole nitrogens is 1. The van der Waals surface area contributed by atoms with Gasteiger partial charge in [0.05, 0.1) is 6.54 Å². The molecule has 3 N–H and O–H groups in total. The third-order valence-electron chi connectivity index (χ3n) is 6.13. The molecule has 2 heterocycles. The van der Waals surface area contributed by atoms with Gasteiger partial charge in [0.1, 0.15) is 17.3 Å². The number of carbonyl (C=O) groups is 1. The SMILES string of the molecule is Cc1ccc(/C=C/C(=O)N(CCC2=CCCCC2)c2c(N)n(Cc3ccccc3)c(=O)[nH]c2=O)o1. The molecule has 182 valence electrons. The molecule has 1 amide bonds.